The van der Waals surface area contributed by atoms with Crippen LogP contribution in [-0.2, 0) is 20.1 Å². The van der Waals surface area contributed by atoms with Crippen LogP contribution >= 0.6 is 0 Å². The molecule has 88 valence electrons. The Kier molecular flexibility index (Phi) is 3.90. The molecule has 4 heteroatoms. The Morgan fingerprint density at radius 1 is 1.31 bits per heavy atom. The van der Waals surface area contributed by atoms with E-state index >= 15 is 0 Å². The van der Waals surface area contributed by atoms with E-state index in [-0.39, 0.29) is 0 Å². The van der Waals surface area contributed by atoms with Crippen LogP contribution in [0, 0.1) is 6.92 Å². The molecule has 0 saturated heterocycles. The zero-order valence-electron chi connectivity index (χ0n) is 9.94. The van der Waals surface area contributed by atoms with Gasteiger partial charge in [-0.3, -0.25) is 4.79 Å². The molecule has 16 heavy (non-hydrogen) atoms. The van der Waals surface area contributed by atoms with E-state index in [9.17, 15) is 4.79 Å². The molecular formula is C12H16O4. The van der Waals surface area contributed by atoms with Crippen molar-refractivity contribution in [2.75, 3.05) is 14.2 Å². The lowest BCUT2D eigenvalue weighted by Gasteiger charge is -2.28. The third kappa shape index (κ3) is 2.17. The largest absolute Gasteiger partial charge is 0.496 e. The average Bonchev–Trinajstić information content (AvgIpc) is 2.29. The molecule has 0 saturated carbocycles. The molecule has 0 aliphatic rings. The minimum Gasteiger partial charge on any atom is -0.496 e. The molecule has 0 heterocycles. The standard InChI is InChI=1S/C12H16O4/c1-9-10(6-5-7-11(9)14-3)12(2,15-4)16-8-13/h5-8H,1-4H3. The molecule has 0 fully saturated rings. The Morgan fingerprint density at radius 2 is 2.00 bits per heavy atom. The molecule has 1 atom stereocenters. The fourth-order valence-electron chi connectivity index (χ4n) is 1.64. The molecule has 1 rings (SSSR count). The van der Waals surface area contributed by atoms with Gasteiger partial charge in [0.05, 0.1) is 7.11 Å². The van der Waals surface area contributed by atoms with Gasteiger partial charge in [0.15, 0.2) is 0 Å². The molecule has 0 aliphatic heterocycles. The molecule has 1 unspecified atom stereocenters. The highest BCUT2D eigenvalue weighted by Crippen LogP contribution is 2.32. The highest BCUT2D eigenvalue weighted by atomic mass is 16.7. The second-order valence-electron chi connectivity index (χ2n) is 3.50. The number of methoxy groups -OCH3 is 2. The summed E-state index contributed by atoms with van der Waals surface area (Å²) in [6, 6.07) is 5.51. The van der Waals surface area contributed by atoms with Gasteiger partial charge in [-0.15, -0.1) is 0 Å². The third-order valence-corrected chi connectivity index (χ3v) is 2.66. The second-order valence-corrected chi connectivity index (χ2v) is 3.50. The maximum absolute atomic E-state index is 10.5. The van der Waals surface area contributed by atoms with Crippen molar-refractivity contribution in [1.29, 1.82) is 0 Å². The van der Waals surface area contributed by atoms with Gasteiger partial charge in [-0.1, -0.05) is 12.1 Å². The Balaban J connectivity index is 3.24. The molecule has 0 aliphatic carbocycles. The fraction of sp³-hybridized carbons (Fsp3) is 0.417. The van der Waals surface area contributed by atoms with Crippen LogP contribution in [-0.4, -0.2) is 20.7 Å². The van der Waals surface area contributed by atoms with Gasteiger partial charge in [-0.2, -0.15) is 0 Å². The number of benzene rings is 1. The molecule has 0 amide bonds. The monoisotopic (exact) mass is 224 g/mol. The molecule has 0 bridgehead atoms. The Hall–Kier alpha value is -1.55. The smallest absolute Gasteiger partial charge is 0.295 e. The zero-order valence-corrected chi connectivity index (χ0v) is 9.94. The van der Waals surface area contributed by atoms with Crippen LogP contribution in [0.15, 0.2) is 18.2 Å². The molecule has 4 nitrogen and oxygen atoms in total. The van der Waals surface area contributed by atoms with Gasteiger partial charge in [0.2, 0.25) is 5.79 Å². The summed E-state index contributed by atoms with van der Waals surface area (Å²) in [5.74, 6) is -0.351. The van der Waals surface area contributed by atoms with E-state index in [0.29, 0.717) is 6.47 Å². The van der Waals surface area contributed by atoms with Gasteiger partial charge in [-0.25, -0.2) is 0 Å². The first-order chi connectivity index (χ1) is 7.59. The van der Waals surface area contributed by atoms with Crippen molar-refractivity contribution in [2.45, 2.75) is 19.6 Å². The highest BCUT2D eigenvalue weighted by molar-refractivity contribution is 5.44. The van der Waals surface area contributed by atoms with E-state index < -0.39 is 5.79 Å². The second kappa shape index (κ2) is 4.99. The van der Waals surface area contributed by atoms with Crippen molar-refractivity contribution < 1.29 is 19.0 Å². The molecule has 0 N–H and O–H groups in total. The number of hydrogen-bond donors (Lipinski definition) is 0. The van der Waals surface area contributed by atoms with Crippen molar-refractivity contribution in [3.8, 4) is 5.75 Å². The summed E-state index contributed by atoms with van der Waals surface area (Å²) in [6.07, 6.45) is 0. The minimum atomic E-state index is -1.08. The Bertz CT molecular complexity index is 375. The lowest BCUT2D eigenvalue weighted by atomic mass is 10.0. The van der Waals surface area contributed by atoms with Crippen molar-refractivity contribution in [3.05, 3.63) is 29.3 Å². The summed E-state index contributed by atoms with van der Waals surface area (Å²) >= 11 is 0. The average molecular weight is 224 g/mol. The Labute approximate surface area is 95.1 Å². The Morgan fingerprint density at radius 3 is 2.50 bits per heavy atom. The summed E-state index contributed by atoms with van der Waals surface area (Å²) < 4.78 is 15.4. The number of hydrogen-bond acceptors (Lipinski definition) is 4. The highest BCUT2D eigenvalue weighted by Gasteiger charge is 2.30. The van der Waals surface area contributed by atoms with Crippen molar-refractivity contribution in [3.63, 3.8) is 0 Å². The van der Waals surface area contributed by atoms with Crippen molar-refractivity contribution in [1.82, 2.24) is 0 Å². The topological polar surface area (TPSA) is 44.8 Å². The zero-order chi connectivity index (χ0) is 12.2. The molecular weight excluding hydrogens is 208 g/mol. The first-order valence-corrected chi connectivity index (χ1v) is 4.89. The summed E-state index contributed by atoms with van der Waals surface area (Å²) in [6.45, 7) is 3.95. The van der Waals surface area contributed by atoms with Crippen LogP contribution in [0.25, 0.3) is 0 Å². The van der Waals surface area contributed by atoms with Gasteiger partial charge >= 0.3 is 0 Å². The first-order valence-electron chi connectivity index (χ1n) is 4.89. The van der Waals surface area contributed by atoms with Crippen LogP contribution in [0.2, 0.25) is 0 Å². The molecule has 0 spiro atoms. The molecule has 1 aromatic rings. The quantitative estimate of drug-likeness (QED) is 0.566. The van der Waals surface area contributed by atoms with Crippen molar-refractivity contribution >= 4 is 6.47 Å². The van der Waals surface area contributed by atoms with Crippen LogP contribution in [0.1, 0.15) is 18.1 Å². The maximum Gasteiger partial charge on any atom is 0.295 e. The fourth-order valence-corrected chi connectivity index (χ4v) is 1.64. The van der Waals surface area contributed by atoms with E-state index in [2.05, 4.69) is 0 Å². The molecule has 0 radical (unpaired) electrons. The van der Waals surface area contributed by atoms with E-state index in [0.717, 1.165) is 16.9 Å². The molecule has 1 aromatic carbocycles. The van der Waals surface area contributed by atoms with Crippen LogP contribution < -0.4 is 4.74 Å². The van der Waals surface area contributed by atoms with Gasteiger partial charge in [0.25, 0.3) is 6.47 Å². The van der Waals surface area contributed by atoms with E-state index in [1.807, 2.05) is 25.1 Å². The van der Waals surface area contributed by atoms with E-state index in [1.165, 1.54) is 7.11 Å². The van der Waals surface area contributed by atoms with Crippen LogP contribution in [0.3, 0.4) is 0 Å². The van der Waals surface area contributed by atoms with E-state index in [4.69, 9.17) is 14.2 Å². The summed E-state index contributed by atoms with van der Waals surface area (Å²) in [4.78, 5) is 10.5. The summed E-state index contributed by atoms with van der Waals surface area (Å²) in [7, 11) is 3.08. The van der Waals surface area contributed by atoms with Gasteiger partial charge in [0.1, 0.15) is 5.75 Å². The van der Waals surface area contributed by atoms with Gasteiger partial charge in [-0.05, 0) is 13.0 Å². The summed E-state index contributed by atoms with van der Waals surface area (Å²) in [5, 5.41) is 0. The lowest BCUT2D eigenvalue weighted by Crippen LogP contribution is -2.28. The minimum absolute atomic E-state index is 0.377. The van der Waals surface area contributed by atoms with Crippen LogP contribution in [0.4, 0.5) is 0 Å². The SMILES string of the molecule is COc1cccc(C(C)(OC)OC=O)c1C. The molecule has 0 aromatic heterocycles. The van der Waals surface area contributed by atoms with Crippen molar-refractivity contribution in [2.24, 2.45) is 0 Å². The first kappa shape index (κ1) is 12.5. The van der Waals surface area contributed by atoms with Gasteiger partial charge in [0, 0.05) is 25.2 Å². The number of carbonyl (C=O) groups is 1. The van der Waals surface area contributed by atoms with E-state index in [1.54, 1.807) is 14.0 Å². The lowest BCUT2D eigenvalue weighted by molar-refractivity contribution is -0.207. The predicted octanol–water partition coefficient (Wildman–Crippen LogP) is 2.00. The van der Waals surface area contributed by atoms with Crippen LogP contribution in [0.5, 0.6) is 5.75 Å². The number of carbonyl (C=O) groups excluding carboxylic acids is 1. The number of ether oxygens (including phenoxy) is 3. The maximum atomic E-state index is 10.5. The third-order valence-electron chi connectivity index (χ3n) is 2.66. The predicted molar refractivity (Wildman–Crippen MR) is 59.2 cm³/mol. The number of rotatable bonds is 5. The van der Waals surface area contributed by atoms with Gasteiger partial charge < -0.3 is 14.2 Å². The normalized spacial score (nSPS) is 14.0. The summed E-state index contributed by atoms with van der Waals surface area (Å²) in [5.41, 5.74) is 1.65.